The van der Waals surface area contributed by atoms with Crippen molar-refractivity contribution in [2.75, 3.05) is 12.9 Å². The Bertz CT molecular complexity index is 588. The number of nitrogens with zero attached hydrogens (tertiary/aromatic N) is 2. The van der Waals surface area contributed by atoms with E-state index in [2.05, 4.69) is 4.98 Å². The third-order valence-electron chi connectivity index (χ3n) is 3.16. The monoisotopic (exact) mass is 262 g/mol. The van der Waals surface area contributed by atoms with Crippen LogP contribution >= 0.6 is 11.8 Å². The summed E-state index contributed by atoms with van der Waals surface area (Å²) in [6, 6.07) is 5.50. The van der Waals surface area contributed by atoms with E-state index in [0.29, 0.717) is 10.9 Å². The number of hydrogen-bond donors (Lipinski definition) is 0. The topological polar surface area (TPSA) is 43.6 Å². The number of carbonyl (C=O) groups is 1. The average Bonchev–Trinajstić information content (AvgIpc) is 3.04. The number of rotatable bonds is 2. The van der Waals surface area contributed by atoms with E-state index >= 15 is 0 Å². The van der Waals surface area contributed by atoms with Crippen LogP contribution in [0.1, 0.15) is 34.3 Å². The van der Waals surface area contributed by atoms with Gasteiger partial charge in [-0.2, -0.15) is 11.8 Å². The molecule has 1 saturated heterocycles. The smallest absolute Gasteiger partial charge is 0.355 e. The lowest BCUT2D eigenvalue weighted by molar-refractivity contribution is 0.0592. The van der Waals surface area contributed by atoms with E-state index in [0.717, 1.165) is 11.3 Å². The van der Waals surface area contributed by atoms with Crippen LogP contribution in [0.4, 0.5) is 0 Å². The number of pyridine rings is 1. The van der Waals surface area contributed by atoms with Crippen molar-refractivity contribution in [3.63, 3.8) is 0 Å². The zero-order valence-electron chi connectivity index (χ0n) is 10.1. The maximum atomic E-state index is 11.7. The summed E-state index contributed by atoms with van der Waals surface area (Å²) in [6.07, 6.45) is 4.37. The summed E-state index contributed by atoms with van der Waals surface area (Å²) in [6.45, 7) is 0. The summed E-state index contributed by atoms with van der Waals surface area (Å²) in [5.74, 6) is 0.867. The zero-order valence-corrected chi connectivity index (χ0v) is 10.9. The molecule has 0 aliphatic carbocycles. The highest BCUT2D eigenvalue weighted by Crippen LogP contribution is 2.39. The van der Waals surface area contributed by atoms with E-state index in [1.54, 1.807) is 6.07 Å². The van der Waals surface area contributed by atoms with Crippen LogP contribution in [-0.4, -0.2) is 28.2 Å². The number of carbonyl (C=O) groups excluding carboxylic acids is 1. The van der Waals surface area contributed by atoms with Gasteiger partial charge in [-0.1, -0.05) is 6.07 Å². The molecule has 5 heteroatoms. The van der Waals surface area contributed by atoms with Crippen molar-refractivity contribution < 1.29 is 9.53 Å². The van der Waals surface area contributed by atoms with Crippen LogP contribution in [0.25, 0.3) is 5.65 Å². The Balaban J connectivity index is 2.08. The Morgan fingerprint density at radius 2 is 2.44 bits per heavy atom. The van der Waals surface area contributed by atoms with Crippen molar-refractivity contribution in [1.82, 2.24) is 9.38 Å². The first-order chi connectivity index (χ1) is 8.79. The molecule has 3 heterocycles. The average molecular weight is 262 g/mol. The van der Waals surface area contributed by atoms with Gasteiger partial charge in [-0.05, 0) is 30.7 Å². The molecule has 1 aliphatic rings. The number of aromatic nitrogens is 2. The molecule has 2 aromatic heterocycles. The van der Waals surface area contributed by atoms with Gasteiger partial charge in [-0.25, -0.2) is 9.78 Å². The summed E-state index contributed by atoms with van der Waals surface area (Å²) < 4.78 is 6.61. The van der Waals surface area contributed by atoms with Crippen molar-refractivity contribution >= 4 is 23.4 Å². The van der Waals surface area contributed by atoms with Crippen LogP contribution in [-0.2, 0) is 4.74 Å². The minimum Gasteiger partial charge on any atom is -0.464 e. The lowest BCUT2D eigenvalue weighted by Crippen LogP contribution is -2.06. The van der Waals surface area contributed by atoms with Gasteiger partial charge >= 0.3 is 5.97 Å². The molecule has 3 rings (SSSR count). The fourth-order valence-corrected chi connectivity index (χ4v) is 3.50. The number of hydrogen-bond acceptors (Lipinski definition) is 4. The summed E-state index contributed by atoms with van der Waals surface area (Å²) in [4.78, 5) is 16.3. The summed E-state index contributed by atoms with van der Waals surface area (Å²) in [5, 5.41) is 0.468. The predicted octanol–water partition coefficient (Wildman–Crippen LogP) is 2.69. The largest absolute Gasteiger partial charge is 0.464 e. The molecular weight excluding hydrogens is 248 g/mol. The second-order valence-corrected chi connectivity index (χ2v) is 5.61. The van der Waals surface area contributed by atoms with Gasteiger partial charge in [0.15, 0.2) is 0 Å². The van der Waals surface area contributed by atoms with E-state index in [9.17, 15) is 4.79 Å². The standard InChI is InChI=1S/C13H14N2O2S/c1-17-13(16)10-4-2-6-12-14-9(8-15(10)12)11-5-3-7-18-11/h2,4,6,8,11H,3,5,7H2,1H3. The maximum absolute atomic E-state index is 11.7. The van der Waals surface area contributed by atoms with Crippen LogP contribution in [0.2, 0.25) is 0 Å². The molecule has 0 bridgehead atoms. The second-order valence-electron chi connectivity index (χ2n) is 4.30. The molecule has 1 atom stereocenters. The van der Waals surface area contributed by atoms with Gasteiger partial charge in [0.1, 0.15) is 11.3 Å². The Morgan fingerprint density at radius 1 is 1.56 bits per heavy atom. The van der Waals surface area contributed by atoms with Gasteiger partial charge in [0.25, 0.3) is 0 Å². The molecule has 94 valence electrons. The molecule has 1 aliphatic heterocycles. The minimum absolute atomic E-state index is 0.330. The Hall–Kier alpha value is -1.49. The van der Waals surface area contributed by atoms with Crippen molar-refractivity contribution in [3.8, 4) is 0 Å². The highest BCUT2D eigenvalue weighted by Gasteiger charge is 2.21. The van der Waals surface area contributed by atoms with E-state index in [4.69, 9.17) is 4.74 Å². The molecule has 0 aromatic carbocycles. The van der Waals surface area contributed by atoms with Crippen molar-refractivity contribution in [1.29, 1.82) is 0 Å². The first-order valence-electron chi connectivity index (χ1n) is 5.97. The van der Waals surface area contributed by atoms with Crippen molar-refractivity contribution in [2.24, 2.45) is 0 Å². The molecule has 0 N–H and O–H groups in total. The van der Waals surface area contributed by atoms with Crippen LogP contribution in [0.15, 0.2) is 24.4 Å². The number of esters is 1. The molecule has 0 spiro atoms. The van der Waals surface area contributed by atoms with Gasteiger partial charge in [0.05, 0.1) is 12.8 Å². The number of methoxy groups -OCH3 is 1. The molecule has 1 unspecified atom stereocenters. The first-order valence-corrected chi connectivity index (χ1v) is 7.02. The Morgan fingerprint density at radius 3 is 3.17 bits per heavy atom. The van der Waals surface area contributed by atoms with E-state index in [1.165, 1.54) is 25.7 Å². The molecule has 4 nitrogen and oxygen atoms in total. The number of thioether (sulfide) groups is 1. The van der Waals surface area contributed by atoms with Gasteiger partial charge in [0, 0.05) is 11.4 Å². The van der Waals surface area contributed by atoms with Crippen molar-refractivity contribution in [2.45, 2.75) is 18.1 Å². The second kappa shape index (κ2) is 4.65. The molecule has 1 fully saturated rings. The third kappa shape index (κ3) is 1.88. The highest BCUT2D eigenvalue weighted by molar-refractivity contribution is 7.99. The van der Waals surface area contributed by atoms with Crippen molar-refractivity contribution in [3.05, 3.63) is 35.8 Å². The summed E-state index contributed by atoms with van der Waals surface area (Å²) >= 11 is 1.94. The van der Waals surface area contributed by atoms with E-state index in [-0.39, 0.29) is 5.97 Å². The summed E-state index contributed by atoms with van der Waals surface area (Å²) in [7, 11) is 1.39. The van der Waals surface area contributed by atoms with Gasteiger partial charge < -0.3 is 4.74 Å². The van der Waals surface area contributed by atoms with Crippen LogP contribution in [0, 0.1) is 0 Å². The fourth-order valence-electron chi connectivity index (χ4n) is 2.27. The fraction of sp³-hybridized carbons (Fsp3) is 0.385. The van der Waals surface area contributed by atoms with Gasteiger partial charge in [-0.15, -0.1) is 0 Å². The normalized spacial score (nSPS) is 19.3. The third-order valence-corrected chi connectivity index (χ3v) is 4.57. The van der Waals surface area contributed by atoms with Gasteiger partial charge in [0.2, 0.25) is 0 Å². The lowest BCUT2D eigenvalue weighted by Gasteiger charge is -2.02. The van der Waals surface area contributed by atoms with Crippen LogP contribution in [0.5, 0.6) is 0 Å². The molecular formula is C13H14N2O2S. The SMILES string of the molecule is COC(=O)c1cccc2nc(C3CCCS3)cn12. The molecule has 2 aromatic rings. The van der Waals surface area contributed by atoms with E-state index in [1.807, 2.05) is 34.5 Å². The molecule has 18 heavy (non-hydrogen) atoms. The maximum Gasteiger partial charge on any atom is 0.355 e. The Labute approximate surface area is 109 Å². The first kappa shape index (κ1) is 11.6. The number of fused-ring (bicyclic) bond motifs is 1. The number of imidazole rings is 1. The lowest BCUT2D eigenvalue weighted by atomic mass is 10.2. The predicted molar refractivity (Wildman–Crippen MR) is 71.0 cm³/mol. The Kier molecular flexibility index (Phi) is 2.99. The van der Waals surface area contributed by atoms with Crippen LogP contribution < -0.4 is 0 Å². The van der Waals surface area contributed by atoms with Gasteiger partial charge in [-0.3, -0.25) is 4.40 Å². The van der Waals surface area contributed by atoms with E-state index < -0.39 is 0 Å². The quantitative estimate of drug-likeness (QED) is 0.780. The highest BCUT2D eigenvalue weighted by atomic mass is 32.2. The minimum atomic E-state index is -0.330. The molecule has 0 radical (unpaired) electrons. The molecule has 0 amide bonds. The van der Waals surface area contributed by atoms with Crippen LogP contribution in [0.3, 0.4) is 0 Å². The number of ether oxygens (including phenoxy) is 1. The molecule has 0 saturated carbocycles. The zero-order chi connectivity index (χ0) is 12.5. The summed E-state index contributed by atoms with van der Waals surface area (Å²) in [5.41, 5.74) is 2.39.